The number of aromatic nitrogens is 4. The molecule has 0 fully saturated rings. The molecule has 1 aliphatic heterocycles. The summed E-state index contributed by atoms with van der Waals surface area (Å²) in [6, 6.07) is 57.5. The second-order valence-electron chi connectivity index (χ2n) is 14.6. The molecule has 2 atom stereocenters. The lowest BCUT2D eigenvalue weighted by molar-refractivity contribution is 0.548. The Morgan fingerprint density at radius 3 is 1.76 bits per heavy atom. The summed E-state index contributed by atoms with van der Waals surface area (Å²) in [4.78, 5) is 10.3. The Hall–Kier alpha value is -7.04. The fourth-order valence-corrected chi connectivity index (χ4v) is 9.09. The molecule has 2 unspecified atom stereocenters. The average Bonchev–Trinajstić information content (AvgIpc) is 3.84. The number of imidazole rings is 2. The van der Waals surface area contributed by atoms with Crippen LogP contribution in [0.2, 0.25) is 0 Å². The molecule has 1 aliphatic carbocycles. The minimum atomic E-state index is 0.232. The number of nitrogens with zero attached hydrogens (tertiary/aromatic N) is 4. The summed E-state index contributed by atoms with van der Waals surface area (Å²) >= 11 is 0. The van der Waals surface area contributed by atoms with E-state index in [4.69, 9.17) is 9.97 Å². The Morgan fingerprint density at radius 1 is 0.426 bits per heavy atom. The van der Waals surface area contributed by atoms with Crippen LogP contribution in [0, 0.1) is 0 Å². The molecule has 4 heteroatoms. The highest BCUT2D eigenvalue weighted by atomic mass is 15.1. The molecule has 252 valence electrons. The fourth-order valence-electron chi connectivity index (χ4n) is 9.09. The van der Waals surface area contributed by atoms with Gasteiger partial charge in [-0.25, -0.2) is 9.97 Å². The standard InChI is InChI=1S/C50H32N4/c1-5-13-45-39(9-1)37-27-25-35(29-41(37)49-51-43-11-3-7-15-47(43)53(45)49)33-21-17-31(18-22-33)32-19-23-34(24-20-32)36-26-28-38-40-10-2-6-14-46(40)54-48-16-8-4-12-44(48)52-50(54)42(38)30-36/h1-30,39,45H. The molecular weight excluding hydrogens is 657 g/mol. The summed E-state index contributed by atoms with van der Waals surface area (Å²) < 4.78 is 4.74. The van der Waals surface area contributed by atoms with Gasteiger partial charge in [0.2, 0.25) is 0 Å². The zero-order valence-electron chi connectivity index (χ0n) is 29.3. The van der Waals surface area contributed by atoms with E-state index in [0.29, 0.717) is 0 Å². The highest BCUT2D eigenvalue weighted by molar-refractivity contribution is 6.14. The topological polar surface area (TPSA) is 35.1 Å². The summed E-state index contributed by atoms with van der Waals surface area (Å²) in [6.07, 6.45) is 8.99. The molecule has 0 bridgehead atoms. The minimum absolute atomic E-state index is 0.232. The molecule has 54 heavy (non-hydrogen) atoms. The Labute approximate surface area is 311 Å². The van der Waals surface area contributed by atoms with Gasteiger partial charge in [0.15, 0.2) is 0 Å². The van der Waals surface area contributed by atoms with E-state index in [1.807, 2.05) is 0 Å². The van der Waals surface area contributed by atoms with Crippen LogP contribution in [0.15, 0.2) is 182 Å². The van der Waals surface area contributed by atoms with Gasteiger partial charge in [0.25, 0.3) is 0 Å². The second-order valence-corrected chi connectivity index (χ2v) is 14.6. The highest BCUT2D eigenvalue weighted by Crippen LogP contribution is 2.48. The van der Waals surface area contributed by atoms with Crippen LogP contribution in [0.4, 0.5) is 0 Å². The Bertz CT molecular complexity index is 3210. The molecule has 0 saturated carbocycles. The van der Waals surface area contributed by atoms with Gasteiger partial charge in [0.05, 0.1) is 33.6 Å². The smallest absolute Gasteiger partial charge is 0.146 e. The Kier molecular flexibility index (Phi) is 6.14. The largest absolute Gasteiger partial charge is 0.316 e. The SMILES string of the molecule is C1=CC2c3ccc(-c4ccc(-c5ccc(-c6ccc7c8ccccc8n8c9ccccc9nc8c7c6)cc5)cc4)cc3-c3nc4ccccc4n3C2C=C1. The van der Waals surface area contributed by atoms with Crippen LogP contribution in [0.3, 0.4) is 0 Å². The number of fused-ring (bicyclic) bond motifs is 16. The van der Waals surface area contributed by atoms with Crippen molar-refractivity contribution >= 4 is 49.4 Å². The minimum Gasteiger partial charge on any atom is -0.316 e. The third kappa shape index (κ3) is 4.25. The van der Waals surface area contributed by atoms with E-state index in [1.165, 1.54) is 66.3 Å². The summed E-state index contributed by atoms with van der Waals surface area (Å²) in [5, 5.41) is 3.61. The molecule has 2 aliphatic rings. The molecule has 10 aromatic rings. The predicted molar refractivity (Wildman–Crippen MR) is 223 cm³/mol. The van der Waals surface area contributed by atoms with Gasteiger partial charge in [-0.3, -0.25) is 4.40 Å². The Morgan fingerprint density at radius 2 is 1.00 bits per heavy atom. The van der Waals surface area contributed by atoms with Crippen molar-refractivity contribution in [1.82, 2.24) is 18.9 Å². The second kappa shape index (κ2) is 11.2. The molecule has 0 amide bonds. The van der Waals surface area contributed by atoms with E-state index in [2.05, 4.69) is 191 Å². The van der Waals surface area contributed by atoms with Crippen molar-refractivity contribution in [2.45, 2.75) is 12.0 Å². The number of hydrogen-bond acceptors (Lipinski definition) is 2. The van der Waals surface area contributed by atoms with Crippen LogP contribution in [0.5, 0.6) is 0 Å². The van der Waals surface area contributed by atoms with E-state index < -0.39 is 0 Å². The van der Waals surface area contributed by atoms with Crippen LogP contribution < -0.4 is 0 Å². The van der Waals surface area contributed by atoms with Crippen molar-refractivity contribution in [3.63, 3.8) is 0 Å². The zero-order chi connectivity index (χ0) is 35.3. The summed E-state index contributed by atoms with van der Waals surface area (Å²) in [6.45, 7) is 0. The first-order valence-electron chi connectivity index (χ1n) is 18.7. The molecule has 4 heterocycles. The Balaban J connectivity index is 0.885. The third-order valence-corrected chi connectivity index (χ3v) is 11.7. The number of pyridine rings is 1. The average molecular weight is 689 g/mol. The number of allylic oxidation sites excluding steroid dienone is 4. The van der Waals surface area contributed by atoms with Crippen molar-refractivity contribution in [2.75, 3.05) is 0 Å². The van der Waals surface area contributed by atoms with Gasteiger partial charge >= 0.3 is 0 Å². The first kappa shape index (κ1) is 29.5. The van der Waals surface area contributed by atoms with E-state index in [0.717, 1.165) is 33.4 Å². The van der Waals surface area contributed by atoms with Gasteiger partial charge in [-0.1, -0.05) is 140 Å². The van der Waals surface area contributed by atoms with Crippen molar-refractivity contribution < 1.29 is 0 Å². The lowest BCUT2D eigenvalue weighted by Gasteiger charge is -2.34. The number of rotatable bonds is 3. The van der Waals surface area contributed by atoms with Gasteiger partial charge < -0.3 is 4.57 Å². The summed E-state index contributed by atoms with van der Waals surface area (Å²) in [5.41, 5.74) is 16.3. The van der Waals surface area contributed by atoms with Crippen molar-refractivity contribution in [3.05, 3.63) is 188 Å². The third-order valence-electron chi connectivity index (χ3n) is 11.7. The van der Waals surface area contributed by atoms with Crippen molar-refractivity contribution in [1.29, 1.82) is 0 Å². The maximum absolute atomic E-state index is 5.15. The predicted octanol–water partition coefficient (Wildman–Crippen LogP) is 12.6. The van der Waals surface area contributed by atoms with E-state index in [9.17, 15) is 0 Å². The van der Waals surface area contributed by atoms with Gasteiger partial charge in [-0.05, 0) is 86.8 Å². The molecule has 0 saturated heterocycles. The van der Waals surface area contributed by atoms with Crippen LogP contribution in [-0.4, -0.2) is 18.9 Å². The van der Waals surface area contributed by atoms with Crippen molar-refractivity contribution in [3.8, 4) is 44.8 Å². The monoisotopic (exact) mass is 688 g/mol. The first-order valence-corrected chi connectivity index (χ1v) is 18.7. The summed E-state index contributed by atoms with van der Waals surface area (Å²) in [7, 11) is 0. The first-order chi connectivity index (χ1) is 26.8. The van der Waals surface area contributed by atoms with Gasteiger partial charge in [0.1, 0.15) is 11.5 Å². The van der Waals surface area contributed by atoms with E-state index in [-0.39, 0.29) is 12.0 Å². The maximum Gasteiger partial charge on any atom is 0.146 e. The molecule has 3 aromatic heterocycles. The molecule has 4 nitrogen and oxygen atoms in total. The number of para-hydroxylation sites is 5. The van der Waals surface area contributed by atoms with Crippen LogP contribution in [-0.2, 0) is 0 Å². The lowest BCUT2D eigenvalue weighted by Crippen LogP contribution is -2.22. The molecule has 7 aromatic carbocycles. The van der Waals surface area contributed by atoms with Crippen LogP contribution in [0.25, 0.3) is 94.2 Å². The van der Waals surface area contributed by atoms with Gasteiger partial charge in [-0.15, -0.1) is 0 Å². The molecule has 0 N–H and O–H groups in total. The summed E-state index contributed by atoms with van der Waals surface area (Å²) in [5.74, 6) is 1.34. The van der Waals surface area contributed by atoms with Crippen LogP contribution in [0.1, 0.15) is 17.5 Å². The molecule has 0 spiro atoms. The van der Waals surface area contributed by atoms with Gasteiger partial charge in [-0.2, -0.15) is 0 Å². The van der Waals surface area contributed by atoms with Crippen molar-refractivity contribution in [2.24, 2.45) is 0 Å². The van der Waals surface area contributed by atoms with Crippen LogP contribution >= 0.6 is 0 Å². The fraction of sp³-hybridized carbons (Fsp3) is 0.0400. The zero-order valence-corrected chi connectivity index (χ0v) is 29.3. The quantitative estimate of drug-likeness (QED) is 0.173. The normalized spacial score (nSPS) is 16.0. The molecule has 0 radical (unpaired) electrons. The number of hydrogen-bond donors (Lipinski definition) is 0. The number of benzene rings is 7. The molecular formula is C50H32N4. The van der Waals surface area contributed by atoms with E-state index in [1.54, 1.807) is 0 Å². The highest BCUT2D eigenvalue weighted by Gasteiger charge is 2.34. The van der Waals surface area contributed by atoms with E-state index >= 15 is 0 Å². The van der Waals surface area contributed by atoms with Gasteiger partial charge in [0, 0.05) is 22.3 Å². The molecule has 12 rings (SSSR count). The lowest BCUT2D eigenvalue weighted by atomic mass is 9.81. The maximum atomic E-state index is 5.15.